The molecule has 0 spiro atoms. The fourth-order valence-electron chi connectivity index (χ4n) is 4.40. The van der Waals surface area contributed by atoms with E-state index in [1.807, 2.05) is 79.5 Å². The topological polar surface area (TPSA) is 55.9 Å². The van der Waals surface area contributed by atoms with Gasteiger partial charge >= 0.3 is 0 Å². The van der Waals surface area contributed by atoms with Gasteiger partial charge in [0.1, 0.15) is 0 Å². The molecular weight excluding hydrogens is 436 g/mol. The van der Waals surface area contributed by atoms with Crippen LogP contribution < -0.4 is 10.2 Å². The van der Waals surface area contributed by atoms with Gasteiger partial charge in [0, 0.05) is 37.1 Å². The second-order valence-electron chi connectivity index (χ2n) is 9.58. The smallest absolute Gasteiger partial charge is 0.255 e. The van der Waals surface area contributed by atoms with Crippen LogP contribution in [0.1, 0.15) is 22.3 Å². The van der Waals surface area contributed by atoms with Crippen molar-refractivity contribution in [2.24, 2.45) is 0 Å². The van der Waals surface area contributed by atoms with Crippen LogP contribution in [-0.2, 0) is 4.79 Å². The minimum absolute atomic E-state index is 0.129. The van der Waals surface area contributed by atoms with Crippen molar-refractivity contribution in [2.45, 2.75) is 19.4 Å². The third-order valence-corrected chi connectivity index (χ3v) is 6.58. The number of carbonyl (C=O) groups excluding carboxylic acids is 2. The van der Waals surface area contributed by atoms with E-state index in [0.29, 0.717) is 12.1 Å². The number of hydrogen-bond donors (Lipinski definition) is 1. The molecule has 0 saturated carbocycles. The maximum atomic E-state index is 12.7. The molecule has 3 aromatic carbocycles. The van der Waals surface area contributed by atoms with Crippen molar-refractivity contribution in [1.29, 1.82) is 0 Å². The summed E-state index contributed by atoms with van der Waals surface area (Å²) in [4.78, 5) is 31.2. The Morgan fingerprint density at radius 1 is 0.886 bits per heavy atom. The van der Waals surface area contributed by atoms with Crippen molar-refractivity contribution >= 4 is 23.2 Å². The molecule has 1 heterocycles. The SMILES string of the molecule is Cc1ccc(-c2ccc(C(=O)Nc3ccc(N4CCC(N(C)C(=O)CN(C)C)C4)cc3)cc2)cc1. The first-order valence-corrected chi connectivity index (χ1v) is 12.0. The number of anilines is 2. The molecule has 35 heavy (non-hydrogen) atoms. The summed E-state index contributed by atoms with van der Waals surface area (Å²) in [5, 5.41) is 2.99. The Bertz CT molecular complexity index is 1150. The Morgan fingerprint density at radius 3 is 2.09 bits per heavy atom. The van der Waals surface area contributed by atoms with E-state index in [2.05, 4.69) is 41.4 Å². The Morgan fingerprint density at radius 2 is 1.49 bits per heavy atom. The molecule has 0 radical (unpaired) electrons. The van der Waals surface area contributed by atoms with Gasteiger partial charge < -0.3 is 20.0 Å². The van der Waals surface area contributed by atoms with Gasteiger partial charge in [-0.2, -0.15) is 0 Å². The zero-order valence-electron chi connectivity index (χ0n) is 21.0. The second-order valence-corrected chi connectivity index (χ2v) is 9.58. The van der Waals surface area contributed by atoms with E-state index in [1.165, 1.54) is 5.56 Å². The average molecular weight is 471 g/mol. The highest BCUT2D eigenvalue weighted by Gasteiger charge is 2.28. The molecule has 1 atom stereocenters. The molecule has 3 aromatic rings. The molecule has 0 aliphatic carbocycles. The molecule has 2 amide bonds. The fourth-order valence-corrected chi connectivity index (χ4v) is 4.40. The van der Waals surface area contributed by atoms with Gasteiger partial charge in [-0.3, -0.25) is 9.59 Å². The van der Waals surface area contributed by atoms with Crippen LogP contribution in [-0.4, -0.2) is 68.4 Å². The minimum Gasteiger partial charge on any atom is -0.369 e. The average Bonchev–Trinajstić information content (AvgIpc) is 3.34. The highest BCUT2D eigenvalue weighted by molar-refractivity contribution is 6.04. The highest BCUT2D eigenvalue weighted by Crippen LogP contribution is 2.25. The van der Waals surface area contributed by atoms with Crippen molar-refractivity contribution in [3.8, 4) is 11.1 Å². The summed E-state index contributed by atoms with van der Waals surface area (Å²) in [5.74, 6) is 0.0160. The zero-order chi connectivity index (χ0) is 24.9. The van der Waals surface area contributed by atoms with Crippen LogP contribution in [0.25, 0.3) is 11.1 Å². The van der Waals surface area contributed by atoms with Gasteiger partial charge in [0.15, 0.2) is 0 Å². The van der Waals surface area contributed by atoms with Gasteiger partial charge in [-0.05, 0) is 75.0 Å². The number of benzene rings is 3. The molecule has 182 valence electrons. The lowest BCUT2D eigenvalue weighted by Gasteiger charge is -2.26. The van der Waals surface area contributed by atoms with E-state index in [1.54, 1.807) is 0 Å². The van der Waals surface area contributed by atoms with Crippen LogP contribution in [0.2, 0.25) is 0 Å². The Hall–Kier alpha value is -3.64. The van der Waals surface area contributed by atoms with Crippen LogP contribution in [0.5, 0.6) is 0 Å². The summed E-state index contributed by atoms with van der Waals surface area (Å²) in [7, 11) is 5.72. The number of aryl methyl sites for hydroxylation is 1. The van der Waals surface area contributed by atoms with E-state index in [0.717, 1.165) is 42.0 Å². The maximum absolute atomic E-state index is 12.7. The lowest BCUT2D eigenvalue weighted by atomic mass is 10.0. The standard InChI is InChI=1S/C29H34N4O2/c1-21-5-7-22(8-6-21)23-9-11-24(12-10-23)29(35)30-25-13-15-26(16-14-25)33-18-17-27(19-33)32(4)28(34)20-31(2)3/h5-16,27H,17-20H2,1-4H3,(H,30,35). The zero-order valence-corrected chi connectivity index (χ0v) is 21.0. The summed E-state index contributed by atoms with van der Waals surface area (Å²) in [5.41, 5.74) is 5.93. The van der Waals surface area contributed by atoms with Crippen LogP contribution in [0.15, 0.2) is 72.8 Å². The third kappa shape index (κ3) is 6.08. The van der Waals surface area contributed by atoms with E-state index < -0.39 is 0 Å². The molecule has 6 nitrogen and oxygen atoms in total. The molecule has 1 aliphatic rings. The molecule has 1 fully saturated rings. The first kappa shape index (κ1) is 24.5. The monoisotopic (exact) mass is 470 g/mol. The number of amides is 2. The summed E-state index contributed by atoms with van der Waals surface area (Å²) >= 11 is 0. The van der Waals surface area contributed by atoms with Gasteiger partial charge in [-0.15, -0.1) is 0 Å². The van der Waals surface area contributed by atoms with Gasteiger partial charge in [0.2, 0.25) is 5.91 Å². The van der Waals surface area contributed by atoms with Gasteiger partial charge in [-0.1, -0.05) is 42.0 Å². The molecule has 1 saturated heterocycles. The normalized spacial score (nSPS) is 15.3. The summed E-state index contributed by atoms with van der Waals surface area (Å²) in [6.07, 6.45) is 0.951. The molecule has 1 aliphatic heterocycles. The van der Waals surface area contributed by atoms with Gasteiger partial charge in [0.05, 0.1) is 12.6 Å². The lowest BCUT2D eigenvalue weighted by Crippen LogP contribution is -2.43. The first-order chi connectivity index (χ1) is 16.8. The lowest BCUT2D eigenvalue weighted by molar-refractivity contribution is -0.132. The molecular formula is C29H34N4O2. The third-order valence-electron chi connectivity index (χ3n) is 6.58. The Kier molecular flexibility index (Phi) is 7.51. The van der Waals surface area contributed by atoms with Gasteiger partial charge in [0.25, 0.3) is 5.91 Å². The molecule has 0 aromatic heterocycles. The largest absolute Gasteiger partial charge is 0.369 e. The Balaban J connectivity index is 1.33. The van der Waals surface area contributed by atoms with Crippen molar-refractivity contribution in [2.75, 3.05) is 51.0 Å². The molecule has 0 bridgehead atoms. The molecule has 1 N–H and O–H groups in total. The van der Waals surface area contributed by atoms with Crippen LogP contribution >= 0.6 is 0 Å². The quantitative estimate of drug-likeness (QED) is 0.552. The van der Waals surface area contributed by atoms with Gasteiger partial charge in [-0.25, -0.2) is 0 Å². The summed E-state index contributed by atoms with van der Waals surface area (Å²) in [6, 6.07) is 24.2. The van der Waals surface area contributed by atoms with E-state index in [4.69, 9.17) is 0 Å². The number of likely N-dealkylation sites (N-methyl/N-ethyl adjacent to an activating group) is 2. The van der Waals surface area contributed by atoms with Crippen molar-refractivity contribution in [3.63, 3.8) is 0 Å². The number of hydrogen-bond acceptors (Lipinski definition) is 4. The fraction of sp³-hybridized carbons (Fsp3) is 0.310. The maximum Gasteiger partial charge on any atom is 0.255 e. The summed E-state index contributed by atoms with van der Waals surface area (Å²) in [6.45, 7) is 4.22. The van der Waals surface area contributed by atoms with E-state index in [-0.39, 0.29) is 17.9 Å². The van der Waals surface area contributed by atoms with Crippen molar-refractivity contribution < 1.29 is 9.59 Å². The number of rotatable bonds is 7. The van der Waals surface area contributed by atoms with Crippen molar-refractivity contribution in [1.82, 2.24) is 9.80 Å². The Labute approximate surface area is 208 Å². The van der Waals surface area contributed by atoms with Crippen molar-refractivity contribution in [3.05, 3.63) is 83.9 Å². The van der Waals surface area contributed by atoms with E-state index >= 15 is 0 Å². The molecule has 1 unspecified atom stereocenters. The molecule has 4 rings (SSSR count). The second kappa shape index (κ2) is 10.7. The minimum atomic E-state index is -0.129. The first-order valence-electron chi connectivity index (χ1n) is 12.0. The predicted octanol–water partition coefficient (Wildman–Crippen LogP) is 4.51. The van der Waals surface area contributed by atoms with Crippen LogP contribution in [0.3, 0.4) is 0 Å². The van der Waals surface area contributed by atoms with Crippen LogP contribution in [0, 0.1) is 6.92 Å². The number of carbonyl (C=O) groups is 2. The predicted molar refractivity (Wildman–Crippen MR) is 143 cm³/mol. The number of nitrogens with zero attached hydrogens (tertiary/aromatic N) is 3. The number of nitrogens with one attached hydrogen (secondary N) is 1. The summed E-state index contributed by atoms with van der Waals surface area (Å²) < 4.78 is 0. The van der Waals surface area contributed by atoms with Crippen LogP contribution in [0.4, 0.5) is 11.4 Å². The highest BCUT2D eigenvalue weighted by atomic mass is 16.2. The van der Waals surface area contributed by atoms with E-state index in [9.17, 15) is 9.59 Å². The molecule has 6 heteroatoms.